The van der Waals surface area contributed by atoms with E-state index in [1.165, 1.54) is 6.92 Å². The van der Waals surface area contributed by atoms with Gasteiger partial charge in [0.1, 0.15) is 5.60 Å². The molecule has 0 aromatic carbocycles. The summed E-state index contributed by atoms with van der Waals surface area (Å²) in [6.07, 6.45) is 5.02. The standard InChI is InChI=1S/C22H36O4/c1-13(2)16-9-11-22(6,26-15(4)23)19-17-12-21(5,24)10-7-8-14(3)20(25-17)18(16)19/h13,16-20,24H,3,7-12H2,1-2,4-6H3/t16-,17-,18-,19-,20+,21-,22-/m1/s1. The Balaban J connectivity index is 2.04. The van der Waals surface area contributed by atoms with E-state index in [1.54, 1.807) is 0 Å². The van der Waals surface area contributed by atoms with Crippen LogP contribution in [-0.2, 0) is 14.3 Å². The molecular weight excluding hydrogens is 328 g/mol. The molecule has 26 heavy (non-hydrogen) atoms. The van der Waals surface area contributed by atoms with Crippen molar-refractivity contribution < 1.29 is 19.4 Å². The smallest absolute Gasteiger partial charge is 0.303 e. The Morgan fingerprint density at radius 2 is 2.04 bits per heavy atom. The summed E-state index contributed by atoms with van der Waals surface area (Å²) in [7, 11) is 0. The molecule has 2 bridgehead atoms. The minimum absolute atomic E-state index is 0.0153. The second-order valence-electron chi connectivity index (χ2n) is 9.76. The molecule has 3 aliphatic rings. The zero-order valence-corrected chi connectivity index (χ0v) is 17.1. The highest BCUT2D eigenvalue weighted by Gasteiger charge is 2.60. The fraction of sp³-hybridized carbons (Fsp3) is 0.864. The molecule has 3 fully saturated rings. The Kier molecular flexibility index (Phi) is 5.31. The number of carbonyl (C=O) groups excluding carboxylic acids is 1. The lowest BCUT2D eigenvalue weighted by Crippen LogP contribution is -2.53. The Morgan fingerprint density at radius 3 is 2.65 bits per heavy atom. The summed E-state index contributed by atoms with van der Waals surface area (Å²) < 4.78 is 12.5. The highest BCUT2D eigenvalue weighted by Crippen LogP contribution is 2.57. The van der Waals surface area contributed by atoms with Crippen LogP contribution in [-0.4, -0.2) is 34.5 Å². The molecule has 0 aromatic rings. The van der Waals surface area contributed by atoms with Crippen molar-refractivity contribution in [3.8, 4) is 0 Å². The van der Waals surface area contributed by atoms with Crippen molar-refractivity contribution in [2.75, 3.05) is 0 Å². The lowest BCUT2D eigenvalue weighted by atomic mass is 9.58. The maximum absolute atomic E-state index is 11.9. The summed E-state index contributed by atoms with van der Waals surface area (Å²) in [6.45, 7) is 14.4. The fourth-order valence-corrected chi connectivity index (χ4v) is 6.05. The third kappa shape index (κ3) is 3.60. The fourth-order valence-electron chi connectivity index (χ4n) is 6.05. The third-order valence-electron chi connectivity index (χ3n) is 7.15. The number of aliphatic hydroxyl groups is 1. The van der Waals surface area contributed by atoms with Gasteiger partial charge >= 0.3 is 5.97 Å². The summed E-state index contributed by atoms with van der Waals surface area (Å²) in [5.74, 6) is 1.26. The molecule has 2 saturated heterocycles. The normalized spacial score (nSPS) is 46.3. The van der Waals surface area contributed by atoms with Crippen LogP contribution in [0.1, 0.15) is 73.1 Å². The number of hydrogen-bond acceptors (Lipinski definition) is 4. The van der Waals surface area contributed by atoms with E-state index in [9.17, 15) is 9.90 Å². The van der Waals surface area contributed by atoms with Crippen molar-refractivity contribution in [3.63, 3.8) is 0 Å². The van der Waals surface area contributed by atoms with Crippen LogP contribution in [0.2, 0.25) is 0 Å². The predicted molar refractivity (Wildman–Crippen MR) is 102 cm³/mol. The average molecular weight is 365 g/mol. The molecule has 4 heteroatoms. The molecule has 3 rings (SSSR count). The first-order valence-corrected chi connectivity index (χ1v) is 10.3. The number of fused-ring (bicyclic) bond motifs is 5. The van der Waals surface area contributed by atoms with E-state index < -0.39 is 11.2 Å². The van der Waals surface area contributed by atoms with Crippen LogP contribution in [0.15, 0.2) is 12.2 Å². The van der Waals surface area contributed by atoms with E-state index in [0.29, 0.717) is 24.2 Å². The molecule has 2 aliphatic heterocycles. The molecule has 1 saturated carbocycles. The van der Waals surface area contributed by atoms with Crippen molar-refractivity contribution in [2.45, 2.75) is 96.6 Å². The molecular formula is C22H36O4. The highest BCUT2D eigenvalue weighted by molar-refractivity contribution is 5.66. The molecule has 148 valence electrons. The topological polar surface area (TPSA) is 55.8 Å². The van der Waals surface area contributed by atoms with Crippen LogP contribution in [0.4, 0.5) is 0 Å². The van der Waals surface area contributed by atoms with Crippen molar-refractivity contribution in [1.82, 2.24) is 0 Å². The molecule has 0 radical (unpaired) electrons. The van der Waals surface area contributed by atoms with E-state index in [-0.39, 0.29) is 24.1 Å². The van der Waals surface area contributed by atoms with Crippen LogP contribution < -0.4 is 0 Å². The highest BCUT2D eigenvalue weighted by atomic mass is 16.6. The Hall–Kier alpha value is -0.870. The molecule has 7 atom stereocenters. The van der Waals surface area contributed by atoms with E-state index in [0.717, 1.165) is 37.7 Å². The van der Waals surface area contributed by atoms with E-state index in [4.69, 9.17) is 9.47 Å². The number of rotatable bonds is 2. The Labute approximate surface area is 158 Å². The van der Waals surface area contributed by atoms with Crippen molar-refractivity contribution >= 4 is 5.97 Å². The summed E-state index contributed by atoms with van der Waals surface area (Å²) in [6, 6.07) is 0. The van der Waals surface area contributed by atoms with E-state index in [2.05, 4.69) is 27.4 Å². The summed E-state index contributed by atoms with van der Waals surface area (Å²) >= 11 is 0. The first-order chi connectivity index (χ1) is 12.0. The van der Waals surface area contributed by atoms with Crippen LogP contribution in [0, 0.1) is 23.7 Å². The molecule has 0 amide bonds. The van der Waals surface area contributed by atoms with Crippen LogP contribution >= 0.6 is 0 Å². The zero-order chi connectivity index (χ0) is 19.3. The average Bonchev–Trinajstić information content (AvgIpc) is 2.87. The van der Waals surface area contributed by atoms with Gasteiger partial charge in [-0.05, 0) is 63.4 Å². The van der Waals surface area contributed by atoms with Gasteiger partial charge in [0, 0.05) is 25.2 Å². The molecule has 1 N–H and O–H groups in total. The molecule has 4 nitrogen and oxygen atoms in total. The van der Waals surface area contributed by atoms with Gasteiger partial charge in [-0.2, -0.15) is 0 Å². The van der Waals surface area contributed by atoms with Crippen molar-refractivity contribution in [2.24, 2.45) is 23.7 Å². The number of carbonyl (C=O) groups is 1. The van der Waals surface area contributed by atoms with E-state index in [1.807, 2.05) is 6.92 Å². The van der Waals surface area contributed by atoms with Gasteiger partial charge in [-0.25, -0.2) is 0 Å². The molecule has 2 heterocycles. The van der Waals surface area contributed by atoms with Crippen LogP contribution in [0.25, 0.3) is 0 Å². The van der Waals surface area contributed by atoms with E-state index >= 15 is 0 Å². The molecule has 1 aliphatic carbocycles. The first kappa shape index (κ1) is 19.9. The quantitative estimate of drug-likeness (QED) is 0.588. The summed E-state index contributed by atoms with van der Waals surface area (Å²) in [5, 5.41) is 10.9. The van der Waals surface area contributed by atoms with Gasteiger partial charge in [0.15, 0.2) is 0 Å². The maximum Gasteiger partial charge on any atom is 0.303 e. The number of hydrogen-bond donors (Lipinski definition) is 1. The lowest BCUT2D eigenvalue weighted by Gasteiger charge is -2.49. The van der Waals surface area contributed by atoms with Crippen molar-refractivity contribution in [3.05, 3.63) is 12.2 Å². The summed E-state index contributed by atoms with van der Waals surface area (Å²) in [4.78, 5) is 11.9. The Bertz CT molecular complexity index is 566. The zero-order valence-electron chi connectivity index (χ0n) is 17.1. The summed E-state index contributed by atoms with van der Waals surface area (Å²) in [5.41, 5.74) is -0.133. The largest absolute Gasteiger partial charge is 0.459 e. The van der Waals surface area contributed by atoms with Crippen LogP contribution in [0.3, 0.4) is 0 Å². The van der Waals surface area contributed by atoms with Crippen LogP contribution in [0.5, 0.6) is 0 Å². The monoisotopic (exact) mass is 364 g/mol. The van der Waals surface area contributed by atoms with Gasteiger partial charge in [0.05, 0.1) is 17.8 Å². The minimum Gasteiger partial charge on any atom is -0.459 e. The molecule has 0 unspecified atom stereocenters. The van der Waals surface area contributed by atoms with Crippen molar-refractivity contribution in [1.29, 1.82) is 0 Å². The maximum atomic E-state index is 11.9. The second-order valence-corrected chi connectivity index (χ2v) is 9.76. The van der Waals surface area contributed by atoms with Gasteiger partial charge in [-0.15, -0.1) is 0 Å². The number of ether oxygens (including phenoxy) is 2. The van der Waals surface area contributed by atoms with Gasteiger partial charge in [0.25, 0.3) is 0 Å². The SMILES string of the molecule is C=C1CCC[C@@](C)(O)C[C@H]2O[C@@H]1[C@H]1[C@@H]2[C@](C)(OC(C)=O)CC[C@@H]1C(C)C. The van der Waals surface area contributed by atoms with Gasteiger partial charge in [-0.3, -0.25) is 4.79 Å². The molecule has 0 aromatic heterocycles. The first-order valence-electron chi connectivity index (χ1n) is 10.3. The van der Waals surface area contributed by atoms with Gasteiger partial charge in [-0.1, -0.05) is 20.4 Å². The third-order valence-corrected chi connectivity index (χ3v) is 7.15. The van der Waals surface area contributed by atoms with Gasteiger partial charge < -0.3 is 14.6 Å². The predicted octanol–water partition coefficient (Wildman–Crippen LogP) is 4.26. The Morgan fingerprint density at radius 1 is 1.35 bits per heavy atom. The van der Waals surface area contributed by atoms with Gasteiger partial charge in [0.2, 0.25) is 0 Å². The minimum atomic E-state index is -0.753. The molecule has 0 spiro atoms. The lowest BCUT2D eigenvalue weighted by molar-refractivity contribution is -0.175. The second kappa shape index (κ2) is 6.94. The number of esters is 1.